The molecule has 2 aromatic rings. The average molecular weight is 256 g/mol. The Bertz CT molecular complexity index is 666. The molecule has 5 nitrogen and oxygen atoms in total. The first-order chi connectivity index (χ1) is 9.02. The Morgan fingerprint density at radius 1 is 1.47 bits per heavy atom. The summed E-state index contributed by atoms with van der Waals surface area (Å²) in [5.74, 6) is -1.12. The van der Waals surface area contributed by atoms with Crippen molar-refractivity contribution in [2.75, 3.05) is 0 Å². The van der Waals surface area contributed by atoms with E-state index in [0.29, 0.717) is 16.8 Å². The second kappa shape index (κ2) is 4.94. The van der Waals surface area contributed by atoms with Crippen molar-refractivity contribution in [3.8, 4) is 17.5 Å². The van der Waals surface area contributed by atoms with Gasteiger partial charge in [-0.25, -0.2) is 9.78 Å². The van der Waals surface area contributed by atoms with Crippen LogP contribution >= 0.6 is 0 Å². The molecule has 0 fully saturated rings. The second-order valence-corrected chi connectivity index (χ2v) is 4.39. The third-order valence-electron chi connectivity index (χ3n) is 2.63. The zero-order valence-corrected chi connectivity index (χ0v) is 10.5. The highest BCUT2D eigenvalue weighted by molar-refractivity contribution is 5.86. The van der Waals surface area contributed by atoms with Gasteiger partial charge in [0.2, 0.25) is 11.7 Å². The third kappa shape index (κ3) is 2.47. The summed E-state index contributed by atoms with van der Waals surface area (Å²) in [5.41, 5.74) is 1.47. The minimum Gasteiger partial charge on any atom is -0.475 e. The largest absolute Gasteiger partial charge is 0.475 e. The van der Waals surface area contributed by atoms with Gasteiger partial charge < -0.3 is 9.52 Å². The van der Waals surface area contributed by atoms with E-state index in [1.165, 1.54) is 0 Å². The number of carbonyl (C=O) groups is 1. The predicted octanol–water partition coefficient (Wildman–Crippen LogP) is 3.03. The van der Waals surface area contributed by atoms with Crippen molar-refractivity contribution in [1.82, 2.24) is 4.98 Å². The Hall–Kier alpha value is -2.61. The first-order valence-electron chi connectivity index (χ1n) is 5.77. The molecule has 0 amide bonds. The van der Waals surface area contributed by atoms with Crippen molar-refractivity contribution in [3.05, 3.63) is 41.3 Å². The molecule has 0 bridgehead atoms. The van der Waals surface area contributed by atoms with Crippen LogP contribution in [0.1, 0.15) is 41.6 Å². The number of carboxylic acid groups (broad SMARTS) is 1. The van der Waals surface area contributed by atoms with E-state index in [0.717, 1.165) is 0 Å². The number of oxazole rings is 1. The molecule has 0 aliphatic rings. The molecular weight excluding hydrogens is 244 g/mol. The van der Waals surface area contributed by atoms with Gasteiger partial charge in [-0.3, -0.25) is 0 Å². The lowest BCUT2D eigenvalue weighted by atomic mass is 10.1. The Kier molecular flexibility index (Phi) is 3.34. The molecule has 19 heavy (non-hydrogen) atoms. The fourth-order valence-electron chi connectivity index (χ4n) is 1.72. The summed E-state index contributed by atoms with van der Waals surface area (Å²) in [4.78, 5) is 15.3. The van der Waals surface area contributed by atoms with Crippen LogP contribution in [0.25, 0.3) is 11.5 Å². The van der Waals surface area contributed by atoms with Crippen LogP contribution in [0, 0.1) is 11.3 Å². The molecule has 1 N–H and O–H groups in total. The molecule has 1 aromatic heterocycles. The van der Waals surface area contributed by atoms with Crippen molar-refractivity contribution >= 4 is 5.97 Å². The van der Waals surface area contributed by atoms with Gasteiger partial charge in [0.15, 0.2) is 0 Å². The molecule has 0 unspecified atom stereocenters. The summed E-state index contributed by atoms with van der Waals surface area (Å²) in [6.45, 7) is 3.69. The monoisotopic (exact) mass is 256 g/mol. The summed E-state index contributed by atoms with van der Waals surface area (Å²) < 4.78 is 5.30. The lowest BCUT2D eigenvalue weighted by Crippen LogP contribution is -2.01. The molecule has 1 aromatic carbocycles. The van der Waals surface area contributed by atoms with Gasteiger partial charge in [0.1, 0.15) is 0 Å². The van der Waals surface area contributed by atoms with Crippen LogP contribution in [0.15, 0.2) is 28.7 Å². The summed E-state index contributed by atoms with van der Waals surface area (Å²) in [5, 5.41) is 17.9. The maximum atomic E-state index is 11.1. The van der Waals surface area contributed by atoms with Crippen LogP contribution < -0.4 is 0 Å². The van der Waals surface area contributed by atoms with Crippen LogP contribution in [-0.4, -0.2) is 16.1 Å². The third-order valence-corrected chi connectivity index (χ3v) is 2.63. The van der Waals surface area contributed by atoms with E-state index in [9.17, 15) is 4.79 Å². The normalized spacial score (nSPS) is 10.4. The molecule has 0 spiro atoms. The van der Waals surface area contributed by atoms with Crippen molar-refractivity contribution in [2.24, 2.45) is 0 Å². The standard InChI is InChI=1S/C14H12N2O3/c1-8(2)11-12(14(17)18)19-13(16-11)10-5-3-4-9(6-10)7-15/h3-6,8H,1-2H3,(H,17,18). The Labute approximate surface area is 110 Å². The minimum absolute atomic E-state index is 0.0530. The van der Waals surface area contributed by atoms with Gasteiger partial charge in [-0.1, -0.05) is 19.9 Å². The van der Waals surface area contributed by atoms with Crippen LogP contribution in [0.4, 0.5) is 0 Å². The topological polar surface area (TPSA) is 87.1 Å². The van der Waals surface area contributed by atoms with Gasteiger partial charge in [0, 0.05) is 5.56 Å². The fourth-order valence-corrected chi connectivity index (χ4v) is 1.72. The van der Waals surface area contributed by atoms with E-state index in [1.807, 2.05) is 19.9 Å². The zero-order valence-electron chi connectivity index (χ0n) is 10.5. The highest BCUT2D eigenvalue weighted by Gasteiger charge is 2.22. The molecule has 0 saturated heterocycles. The van der Waals surface area contributed by atoms with Crippen LogP contribution in [0.2, 0.25) is 0 Å². The highest BCUT2D eigenvalue weighted by Crippen LogP contribution is 2.26. The van der Waals surface area contributed by atoms with E-state index >= 15 is 0 Å². The number of nitrogens with zero attached hydrogens (tertiary/aromatic N) is 2. The number of aromatic nitrogens is 1. The summed E-state index contributed by atoms with van der Waals surface area (Å²) in [6.07, 6.45) is 0. The molecule has 0 atom stereocenters. The average Bonchev–Trinajstić information content (AvgIpc) is 2.84. The van der Waals surface area contributed by atoms with E-state index < -0.39 is 5.97 Å². The summed E-state index contributed by atoms with van der Waals surface area (Å²) in [6, 6.07) is 8.72. The molecule has 1 heterocycles. The van der Waals surface area contributed by atoms with Crippen LogP contribution in [0.5, 0.6) is 0 Å². The van der Waals surface area contributed by atoms with Crippen molar-refractivity contribution in [3.63, 3.8) is 0 Å². The number of nitriles is 1. The van der Waals surface area contributed by atoms with Crippen LogP contribution in [0.3, 0.4) is 0 Å². The SMILES string of the molecule is CC(C)c1nc(-c2cccc(C#N)c2)oc1C(=O)O. The van der Waals surface area contributed by atoms with Gasteiger partial charge in [0.05, 0.1) is 17.3 Å². The first-order valence-corrected chi connectivity index (χ1v) is 5.77. The minimum atomic E-state index is -1.14. The van der Waals surface area contributed by atoms with E-state index in [1.54, 1.807) is 24.3 Å². The number of hydrogen-bond donors (Lipinski definition) is 1. The van der Waals surface area contributed by atoms with Gasteiger partial charge in [-0.05, 0) is 24.1 Å². The van der Waals surface area contributed by atoms with Crippen LogP contribution in [-0.2, 0) is 0 Å². The Balaban J connectivity index is 2.54. The maximum Gasteiger partial charge on any atom is 0.373 e. The quantitative estimate of drug-likeness (QED) is 0.911. The smallest absolute Gasteiger partial charge is 0.373 e. The van der Waals surface area contributed by atoms with Crippen molar-refractivity contribution in [2.45, 2.75) is 19.8 Å². The van der Waals surface area contributed by atoms with Gasteiger partial charge in [0.25, 0.3) is 0 Å². The van der Waals surface area contributed by atoms with E-state index in [-0.39, 0.29) is 17.6 Å². The molecular formula is C14H12N2O3. The summed E-state index contributed by atoms with van der Waals surface area (Å²) in [7, 11) is 0. The number of rotatable bonds is 3. The lowest BCUT2D eigenvalue weighted by molar-refractivity contribution is 0.0661. The van der Waals surface area contributed by atoms with Crippen molar-refractivity contribution < 1.29 is 14.3 Å². The molecule has 0 saturated carbocycles. The molecule has 0 aliphatic carbocycles. The first kappa shape index (κ1) is 12.8. The van der Waals surface area contributed by atoms with Crippen molar-refractivity contribution in [1.29, 1.82) is 5.26 Å². The molecule has 96 valence electrons. The molecule has 2 rings (SSSR count). The number of hydrogen-bond acceptors (Lipinski definition) is 4. The second-order valence-electron chi connectivity index (χ2n) is 4.39. The number of benzene rings is 1. The Morgan fingerprint density at radius 2 is 2.21 bits per heavy atom. The van der Waals surface area contributed by atoms with Gasteiger partial charge in [-0.15, -0.1) is 0 Å². The zero-order chi connectivity index (χ0) is 14.0. The molecule has 0 radical (unpaired) electrons. The number of carboxylic acids is 1. The lowest BCUT2D eigenvalue weighted by Gasteiger charge is -1.98. The van der Waals surface area contributed by atoms with E-state index in [4.69, 9.17) is 14.8 Å². The van der Waals surface area contributed by atoms with Gasteiger partial charge >= 0.3 is 5.97 Å². The fraction of sp³-hybridized carbons (Fsp3) is 0.214. The number of aromatic carboxylic acids is 1. The molecule has 5 heteroatoms. The van der Waals surface area contributed by atoms with E-state index in [2.05, 4.69) is 4.98 Å². The van der Waals surface area contributed by atoms with Gasteiger partial charge in [-0.2, -0.15) is 5.26 Å². The maximum absolute atomic E-state index is 11.1. The highest BCUT2D eigenvalue weighted by atomic mass is 16.4. The summed E-state index contributed by atoms with van der Waals surface area (Å²) >= 11 is 0. The molecule has 0 aliphatic heterocycles. The predicted molar refractivity (Wildman–Crippen MR) is 67.7 cm³/mol. The Morgan fingerprint density at radius 3 is 2.74 bits per heavy atom.